The van der Waals surface area contributed by atoms with Gasteiger partial charge in [0.15, 0.2) is 0 Å². The fraction of sp³-hybridized carbons (Fsp3) is 0.778. The smallest absolute Gasteiger partial charge is 0.0358 e. The average molecular weight is 278 g/mol. The van der Waals surface area contributed by atoms with E-state index in [1.807, 2.05) is 0 Å². The maximum absolute atomic E-state index is 3.59. The Labute approximate surface area is 126 Å². The Balaban J connectivity index is 2.34. The van der Waals surface area contributed by atoms with Gasteiger partial charge in [-0.2, -0.15) is 0 Å². The molecule has 1 heterocycles. The van der Waals surface area contributed by atoms with Crippen LogP contribution in [-0.2, 0) is 6.54 Å². The number of nitrogens with zero attached hydrogens (tertiary/aromatic N) is 1. The van der Waals surface area contributed by atoms with Crippen LogP contribution in [0.5, 0.6) is 0 Å². The number of hydrogen-bond donors (Lipinski definition) is 1. The number of unbranched alkanes of at least 4 members (excludes halogenated alkanes) is 5. The number of aromatic nitrogens is 1. The molecule has 20 heavy (non-hydrogen) atoms. The summed E-state index contributed by atoms with van der Waals surface area (Å²) in [5.74, 6) is 0.639. The highest BCUT2D eigenvalue weighted by Gasteiger charge is 2.15. The molecule has 116 valence electrons. The Morgan fingerprint density at radius 2 is 1.75 bits per heavy atom. The number of hydrogen-bond acceptors (Lipinski definition) is 1. The van der Waals surface area contributed by atoms with Gasteiger partial charge in [-0.3, -0.25) is 0 Å². The van der Waals surface area contributed by atoms with E-state index in [4.69, 9.17) is 0 Å². The van der Waals surface area contributed by atoms with Crippen LogP contribution in [0.4, 0.5) is 0 Å². The second-order valence-corrected chi connectivity index (χ2v) is 6.23. The van der Waals surface area contributed by atoms with Gasteiger partial charge in [0.05, 0.1) is 0 Å². The van der Waals surface area contributed by atoms with Crippen molar-refractivity contribution in [3.8, 4) is 0 Å². The van der Waals surface area contributed by atoms with E-state index in [2.05, 4.69) is 56.0 Å². The lowest BCUT2D eigenvalue weighted by Gasteiger charge is -2.20. The van der Waals surface area contributed by atoms with E-state index in [9.17, 15) is 0 Å². The van der Waals surface area contributed by atoms with Crippen LogP contribution in [0.3, 0.4) is 0 Å². The van der Waals surface area contributed by atoms with Crippen LogP contribution in [0.1, 0.15) is 77.8 Å². The summed E-state index contributed by atoms with van der Waals surface area (Å²) < 4.78 is 2.36. The van der Waals surface area contributed by atoms with E-state index in [0.717, 1.165) is 6.54 Å². The maximum Gasteiger partial charge on any atom is 0.0358 e. The Morgan fingerprint density at radius 1 is 1.05 bits per heavy atom. The average Bonchev–Trinajstić information content (AvgIpc) is 2.88. The molecule has 0 bridgehead atoms. The minimum atomic E-state index is 0.491. The summed E-state index contributed by atoms with van der Waals surface area (Å²) in [6, 6.07) is 2.77. The minimum absolute atomic E-state index is 0.491. The van der Waals surface area contributed by atoms with Gasteiger partial charge >= 0.3 is 0 Å². The number of nitrogens with one attached hydrogen (secondary N) is 1. The zero-order valence-corrected chi connectivity index (χ0v) is 14.0. The first-order chi connectivity index (χ1) is 9.69. The molecular weight excluding hydrogens is 244 g/mol. The lowest BCUT2D eigenvalue weighted by atomic mass is 9.98. The minimum Gasteiger partial charge on any atom is -0.354 e. The predicted octanol–water partition coefficient (Wildman–Crippen LogP) is 5.16. The first-order valence-corrected chi connectivity index (χ1v) is 8.58. The van der Waals surface area contributed by atoms with E-state index in [0.29, 0.717) is 12.0 Å². The summed E-state index contributed by atoms with van der Waals surface area (Å²) in [6.45, 7) is 11.2. The summed E-state index contributed by atoms with van der Waals surface area (Å²) in [7, 11) is 0. The lowest BCUT2D eigenvalue weighted by Crippen LogP contribution is -2.25. The lowest BCUT2D eigenvalue weighted by molar-refractivity contribution is 0.421. The Kier molecular flexibility index (Phi) is 8.68. The van der Waals surface area contributed by atoms with Gasteiger partial charge in [0.1, 0.15) is 0 Å². The fourth-order valence-electron chi connectivity index (χ4n) is 2.82. The fourth-order valence-corrected chi connectivity index (χ4v) is 2.82. The highest BCUT2D eigenvalue weighted by molar-refractivity contribution is 5.16. The predicted molar refractivity (Wildman–Crippen MR) is 89.1 cm³/mol. The zero-order valence-electron chi connectivity index (χ0n) is 14.0. The summed E-state index contributed by atoms with van der Waals surface area (Å²) in [6.07, 6.45) is 12.8. The summed E-state index contributed by atoms with van der Waals surface area (Å²) >= 11 is 0. The largest absolute Gasteiger partial charge is 0.354 e. The molecule has 1 aromatic heterocycles. The first kappa shape index (κ1) is 17.3. The molecule has 0 saturated carbocycles. The van der Waals surface area contributed by atoms with Gasteiger partial charge in [-0.15, -0.1) is 0 Å². The molecule has 1 aromatic rings. The molecule has 0 aliphatic heterocycles. The molecule has 0 spiro atoms. The molecule has 1 unspecified atom stereocenters. The standard InChI is InChI=1S/C18H34N2/c1-5-7-8-9-10-11-13-20-14-12-17(15-20)18(16(3)4)19-6-2/h12,14-16,18-19H,5-11,13H2,1-4H3. The molecule has 0 aromatic carbocycles. The van der Waals surface area contributed by atoms with Crippen LogP contribution in [0.25, 0.3) is 0 Å². The quantitative estimate of drug-likeness (QED) is 0.554. The van der Waals surface area contributed by atoms with Crippen LogP contribution < -0.4 is 5.32 Å². The third kappa shape index (κ3) is 6.13. The summed E-state index contributed by atoms with van der Waals surface area (Å²) in [5.41, 5.74) is 1.44. The zero-order chi connectivity index (χ0) is 14.8. The van der Waals surface area contributed by atoms with Crippen molar-refractivity contribution >= 4 is 0 Å². The molecule has 1 atom stereocenters. The second kappa shape index (κ2) is 10.0. The molecule has 0 saturated heterocycles. The topological polar surface area (TPSA) is 17.0 Å². The van der Waals surface area contributed by atoms with Crippen LogP contribution in [-0.4, -0.2) is 11.1 Å². The van der Waals surface area contributed by atoms with Crippen molar-refractivity contribution in [1.29, 1.82) is 0 Å². The highest BCUT2D eigenvalue weighted by atomic mass is 15.0. The van der Waals surface area contributed by atoms with E-state index in [1.165, 1.54) is 50.6 Å². The summed E-state index contributed by atoms with van der Waals surface area (Å²) in [4.78, 5) is 0. The molecular formula is C18H34N2. The molecule has 1 rings (SSSR count). The van der Waals surface area contributed by atoms with Crippen molar-refractivity contribution in [1.82, 2.24) is 9.88 Å². The third-order valence-electron chi connectivity index (χ3n) is 3.99. The molecule has 0 aliphatic carbocycles. The molecule has 0 amide bonds. The van der Waals surface area contributed by atoms with E-state index in [1.54, 1.807) is 0 Å². The van der Waals surface area contributed by atoms with Crippen molar-refractivity contribution in [3.63, 3.8) is 0 Å². The first-order valence-electron chi connectivity index (χ1n) is 8.58. The Bertz CT molecular complexity index is 341. The van der Waals surface area contributed by atoms with Crippen molar-refractivity contribution in [3.05, 3.63) is 24.0 Å². The molecule has 1 N–H and O–H groups in total. The number of rotatable bonds is 11. The van der Waals surface area contributed by atoms with Gasteiger partial charge < -0.3 is 9.88 Å². The van der Waals surface area contributed by atoms with Gasteiger partial charge in [0, 0.05) is 25.0 Å². The monoisotopic (exact) mass is 278 g/mol. The van der Waals surface area contributed by atoms with Crippen LogP contribution in [0.2, 0.25) is 0 Å². The van der Waals surface area contributed by atoms with E-state index < -0.39 is 0 Å². The highest BCUT2D eigenvalue weighted by Crippen LogP contribution is 2.22. The number of aryl methyl sites for hydroxylation is 1. The third-order valence-corrected chi connectivity index (χ3v) is 3.99. The maximum atomic E-state index is 3.59. The van der Waals surface area contributed by atoms with Gasteiger partial charge in [-0.1, -0.05) is 59.8 Å². The van der Waals surface area contributed by atoms with Crippen LogP contribution in [0.15, 0.2) is 18.5 Å². The van der Waals surface area contributed by atoms with Crippen molar-refractivity contribution in [2.75, 3.05) is 6.54 Å². The molecule has 2 heteroatoms. The van der Waals surface area contributed by atoms with Crippen molar-refractivity contribution in [2.45, 2.75) is 78.8 Å². The van der Waals surface area contributed by atoms with Crippen LogP contribution in [0, 0.1) is 5.92 Å². The van der Waals surface area contributed by atoms with E-state index in [-0.39, 0.29) is 0 Å². The van der Waals surface area contributed by atoms with Crippen molar-refractivity contribution < 1.29 is 0 Å². The molecule has 0 radical (unpaired) electrons. The van der Waals surface area contributed by atoms with Crippen LogP contribution >= 0.6 is 0 Å². The van der Waals surface area contributed by atoms with E-state index >= 15 is 0 Å². The van der Waals surface area contributed by atoms with Gasteiger partial charge in [0.25, 0.3) is 0 Å². The molecule has 0 fully saturated rings. The Hall–Kier alpha value is -0.760. The summed E-state index contributed by atoms with van der Waals surface area (Å²) in [5, 5.41) is 3.59. The van der Waals surface area contributed by atoms with Gasteiger partial charge in [0.2, 0.25) is 0 Å². The van der Waals surface area contributed by atoms with Gasteiger partial charge in [-0.05, 0) is 30.5 Å². The Morgan fingerprint density at radius 3 is 2.40 bits per heavy atom. The normalized spacial score (nSPS) is 13.1. The molecule has 2 nitrogen and oxygen atoms in total. The second-order valence-electron chi connectivity index (χ2n) is 6.23. The SMILES string of the molecule is CCCCCCCCn1ccc(C(NCC)C(C)C)c1. The van der Waals surface area contributed by atoms with Crippen molar-refractivity contribution in [2.24, 2.45) is 5.92 Å². The van der Waals surface area contributed by atoms with Gasteiger partial charge in [-0.25, -0.2) is 0 Å². The molecule has 0 aliphatic rings.